The second kappa shape index (κ2) is 7.20. The summed E-state index contributed by atoms with van der Waals surface area (Å²) < 4.78 is 7.63. The minimum atomic E-state index is 0.366. The Morgan fingerprint density at radius 3 is 2.61 bits per heavy atom. The van der Waals surface area contributed by atoms with E-state index in [1.807, 2.05) is 12.1 Å². The smallest absolute Gasteiger partial charge is 0.100 e. The molecule has 2 aromatic heterocycles. The molecule has 0 saturated carbocycles. The van der Waals surface area contributed by atoms with Gasteiger partial charge in [0.2, 0.25) is 0 Å². The quantitative estimate of drug-likeness (QED) is 0.554. The van der Waals surface area contributed by atoms with Crippen molar-refractivity contribution < 1.29 is 9.94 Å². The van der Waals surface area contributed by atoms with E-state index in [4.69, 9.17) is 9.84 Å². The van der Waals surface area contributed by atoms with Gasteiger partial charge in [-0.3, -0.25) is 9.67 Å². The Balaban J connectivity index is 1.61. The average Bonchev–Trinajstić information content (AvgIpc) is 3.39. The van der Waals surface area contributed by atoms with Gasteiger partial charge in [0.05, 0.1) is 11.8 Å². The van der Waals surface area contributed by atoms with Crippen LogP contribution in [0.1, 0.15) is 36.4 Å². The fourth-order valence-corrected chi connectivity index (χ4v) is 4.20. The molecule has 1 aliphatic heterocycles. The lowest BCUT2D eigenvalue weighted by Gasteiger charge is -2.22. The van der Waals surface area contributed by atoms with Crippen molar-refractivity contribution in [1.82, 2.24) is 14.8 Å². The van der Waals surface area contributed by atoms with Gasteiger partial charge in [0.25, 0.3) is 0 Å². The third-order valence-corrected chi connectivity index (χ3v) is 5.73. The molecule has 1 saturated heterocycles. The SMILES string of the molecule is ON=C1CCc2cc(-c3cn(C4CCOCC4)nc3-c3ccncc3)ccc21. The molecule has 0 atom stereocenters. The summed E-state index contributed by atoms with van der Waals surface area (Å²) in [6.45, 7) is 1.57. The molecule has 28 heavy (non-hydrogen) atoms. The number of aromatic nitrogens is 3. The van der Waals surface area contributed by atoms with Crippen LogP contribution in [0, 0.1) is 0 Å². The summed E-state index contributed by atoms with van der Waals surface area (Å²) in [5.41, 5.74) is 7.35. The molecule has 1 N–H and O–H groups in total. The first-order valence-electron chi connectivity index (χ1n) is 9.75. The largest absolute Gasteiger partial charge is 0.411 e. The Kier molecular flexibility index (Phi) is 4.41. The van der Waals surface area contributed by atoms with Gasteiger partial charge in [-0.25, -0.2) is 0 Å². The molecule has 0 radical (unpaired) electrons. The molecule has 1 fully saturated rings. The highest BCUT2D eigenvalue weighted by Gasteiger charge is 2.23. The third kappa shape index (κ3) is 2.99. The molecule has 1 aromatic carbocycles. The lowest BCUT2D eigenvalue weighted by molar-refractivity contribution is 0.0663. The predicted molar refractivity (Wildman–Crippen MR) is 107 cm³/mol. The van der Waals surface area contributed by atoms with E-state index in [0.717, 1.165) is 72.6 Å². The fraction of sp³-hybridized carbons (Fsp3) is 0.318. The Morgan fingerprint density at radius 1 is 1.00 bits per heavy atom. The zero-order chi connectivity index (χ0) is 18.9. The van der Waals surface area contributed by atoms with E-state index in [1.165, 1.54) is 5.56 Å². The van der Waals surface area contributed by atoms with Crippen LogP contribution in [-0.4, -0.2) is 38.9 Å². The number of rotatable bonds is 3. The standard InChI is InChI=1S/C22H22N4O2/c27-25-21-4-2-16-13-17(1-3-19(16)21)20-14-26(18-7-11-28-12-8-18)24-22(20)15-5-9-23-10-6-15/h1,3,5-6,9-10,13-14,18,27H,2,4,7-8,11-12H2. The van der Waals surface area contributed by atoms with E-state index in [1.54, 1.807) is 12.4 Å². The molecule has 0 spiro atoms. The maximum Gasteiger partial charge on any atom is 0.100 e. The van der Waals surface area contributed by atoms with Gasteiger partial charge < -0.3 is 9.94 Å². The first-order valence-corrected chi connectivity index (χ1v) is 9.75. The molecule has 3 heterocycles. The Labute approximate surface area is 163 Å². The summed E-state index contributed by atoms with van der Waals surface area (Å²) in [6, 6.07) is 10.8. The summed E-state index contributed by atoms with van der Waals surface area (Å²) in [4.78, 5) is 4.15. The summed E-state index contributed by atoms with van der Waals surface area (Å²) >= 11 is 0. The van der Waals surface area contributed by atoms with E-state index in [0.29, 0.717) is 6.04 Å². The highest BCUT2D eigenvalue weighted by molar-refractivity contribution is 6.04. The number of benzene rings is 1. The van der Waals surface area contributed by atoms with Crippen molar-refractivity contribution in [2.45, 2.75) is 31.7 Å². The number of oxime groups is 1. The Morgan fingerprint density at radius 2 is 1.82 bits per heavy atom. The zero-order valence-electron chi connectivity index (χ0n) is 15.6. The maximum atomic E-state index is 9.20. The number of ether oxygens (including phenoxy) is 1. The normalized spacial score (nSPS) is 18.5. The van der Waals surface area contributed by atoms with Crippen LogP contribution in [0.5, 0.6) is 0 Å². The summed E-state index contributed by atoms with van der Waals surface area (Å²) in [7, 11) is 0. The number of hydrogen-bond acceptors (Lipinski definition) is 5. The number of aryl methyl sites for hydroxylation is 1. The number of pyridine rings is 1. The van der Waals surface area contributed by atoms with Crippen molar-refractivity contribution in [2.75, 3.05) is 13.2 Å². The van der Waals surface area contributed by atoms with Gasteiger partial charge in [0, 0.05) is 48.5 Å². The van der Waals surface area contributed by atoms with Crippen molar-refractivity contribution in [3.63, 3.8) is 0 Å². The molecule has 2 aliphatic rings. The van der Waals surface area contributed by atoms with Crippen LogP contribution in [0.2, 0.25) is 0 Å². The van der Waals surface area contributed by atoms with E-state index in [2.05, 4.69) is 39.2 Å². The minimum Gasteiger partial charge on any atom is -0.411 e. The predicted octanol–water partition coefficient (Wildman–Crippen LogP) is 4.09. The van der Waals surface area contributed by atoms with Crippen LogP contribution in [0.15, 0.2) is 54.1 Å². The first kappa shape index (κ1) is 17.1. The van der Waals surface area contributed by atoms with Crippen LogP contribution in [0.4, 0.5) is 0 Å². The Bertz CT molecular complexity index is 1020. The number of hydrogen-bond donors (Lipinski definition) is 1. The van der Waals surface area contributed by atoms with Gasteiger partial charge in [0.15, 0.2) is 0 Å². The van der Waals surface area contributed by atoms with Gasteiger partial charge in [-0.15, -0.1) is 0 Å². The van der Waals surface area contributed by atoms with Crippen molar-refractivity contribution in [2.24, 2.45) is 5.16 Å². The summed E-state index contributed by atoms with van der Waals surface area (Å²) in [5.74, 6) is 0. The molecule has 1 aliphatic carbocycles. The molecule has 142 valence electrons. The van der Waals surface area contributed by atoms with E-state index in [-0.39, 0.29) is 0 Å². The van der Waals surface area contributed by atoms with Crippen molar-refractivity contribution >= 4 is 5.71 Å². The van der Waals surface area contributed by atoms with Crippen molar-refractivity contribution in [3.05, 3.63) is 60.0 Å². The highest BCUT2D eigenvalue weighted by Crippen LogP contribution is 2.35. The fourth-order valence-electron chi connectivity index (χ4n) is 4.20. The van der Waals surface area contributed by atoms with Crippen LogP contribution in [-0.2, 0) is 11.2 Å². The molecular weight excluding hydrogens is 352 g/mol. The van der Waals surface area contributed by atoms with Gasteiger partial charge in [-0.1, -0.05) is 23.4 Å². The second-order valence-corrected chi connectivity index (χ2v) is 7.37. The zero-order valence-corrected chi connectivity index (χ0v) is 15.6. The van der Waals surface area contributed by atoms with Gasteiger partial charge >= 0.3 is 0 Å². The molecule has 5 rings (SSSR count). The first-order chi connectivity index (χ1) is 13.8. The van der Waals surface area contributed by atoms with Crippen LogP contribution < -0.4 is 0 Å². The van der Waals surface area contributed by atoms with E-state index >= 15 is 0 Å². The number of nitrogens with zero attached hydrogens (tertiary/aromatic N) is 4. The Hall–Kier alpha value is -2.99. The third-order valence-electron chi connectivity index (χ3n) is 5.73. The van der Waals surface area contributed by atoms with Crippen LogP contribution >= 0.6 is 0 Å². The molecule has 0 amide bonds. The molecule has 3 aromatic rings. The minimum absolute atomic E-state index is 0.366. The molecule has 0 bridgehead atoms. The highest BCUT2D eigenvalue weighted by atomic mass is 16.5. The van der Waals surface area contributed by atoms with Gasteiger partial charge in [0.1, 0.15) is 5.69 Å². The number of fused-ring (bicyclic) bond motifs is 1. The monoisotopic (exact) mass is 374 g/mol. The average molecular weight is 374 g/mol. The lowest BCUT2D eigenvalue weighted by Crippen LogP contribution is -2.19. The van der Waals surface area contributed by atoms with Crippen LogP contribution in [0.25, 0.3) is 22.4 Å². The molecular formula is C22H22N4O2. The van der Waals surface area contributed by atoms with Gasteiger partial charge in [-0.05, 0) is 48.9 Å². The van der Waals surface area contributed by atoms with Gasteiger partial charge in [-0.2, -0.15) is 5.10 Å². The molecule has 6 heteroatoms. The molecule has 0 unspecified atom stereocenters. The van der Waals surface area contributed by atoms with E-state index in [9.17, 15) is 5.21 Å². The molecule has 6 nitrogen and oxygen atoms in total. The maximum absolute atomic E-state index is 9.20. The van der Waals surface area contributed by atoms with Crippen LogP contribution in [0.3, 0.4) is 0 Å². The second-order valence-electron chi connectivity index (χ2n) is 7.37. The van der Waals surface area contributed by atoms with E-state index < -0.39 is 0 Å². The van der Waals surface area contributed by atoms with Crippen molar-refractivity contribution in [3.8, 4) is 22.4 Å². The summed E-state index contributed by atoms with van der Waals surface area (Å²) in [5, 5.41) is 17.6. The topological polar surface area (TPSA) is 72.5 Å². The van der Waals surface area contributed by atoms with Crippen molar-refractivity contribution in [1.29, 1.82) is 0 Å². The summed E-state index contributed by atoms with van der Waals surface area (Å²) in [6.07, 6.45) is 9.44. The lowest BCUT2D eigenvalue weighted by atomic mass is 9.98.